The number of rotatable bonds is 7. The van der Waals surface area contributed by atoms with Crippen LogP contribution in [-0.4, -0.2) is 25.4 Å². The summed E-state index contributed by atoms with van der Waals surface area (Å²) in [6.45, 7) is 1.79. The number of furan rings is 1. The van der Waals surface area contributed by atoms with Gasteiger partial charge >= 0.3 is 0 Å². The summed E-state index contributed by atoms with van der Waals surface area (Å²) < 4.78 is 18.0. The first-order valence-electron chi connectivity index (χ1n) is 12.5. The molecular formula is C30H31NO3. The van der Waals surface area contributed by atoms with Gasteiger partial charge in [0.25, 0.3) is 0 Å². The van der Waals surface area contributed by atoms with Crippen molar-refractivity contribution in [2.75, 3.05) is 18.1 Å². The summed E-state index contributed by atoms with van der Waals surface area (Å²) in [5, 5.41) is 1.10. The summed E-state index contributed by atoms with van der Waals surface area (Å²) in [6.07, 6.45) is 7.32. The molecule has 0 bridgehead atoms. The van der Waals surface area contributed by atoms with Crippen LogP contribution in [0.5, 0.6) is 0 Å². The molecule has 0 N–H and O–H groups in total. The molecule has 2 atom stereocenters. The molecule has 4 nitrogen and oxygen atoms in total. The van der Waals surface area contributed by atoms with Gasteiger partial charge in [0.1, 0.15) is 5.58 Å². The molecule has 174 valence electrons. The van der Waals surface area contributed by atoms with E-state index in [0.717, 1.165) is 67.1 Å². The predicted molar refractivity (Wildman–Crippen MR) is 136 cm³/mol. The molecule has 2 unspecified atom stereocenters. The van der Waals surface area contributed by atoms with Crippen molar-refractivity contribution in [2.45, 2.75) is 50.7 Å². The van der Waals surface area contributed by atoms with E-state index < -0.39 is 0 Å². The van der Waals surface area contributed by atoms with Crippen molar-refractivity contribution in [3.8, 4) is 0 Å². The molecule has 0 saturated carbocycles. The summed E-state index contributed by atoms with van der Waals surface area (Å²) in [5.41, 5.74) is 5.69. The number of para-hydroxylation sites is 1. The van der Waals surface area contributed by atoms with E-state index in [0.29, 0.717) is 12.2 Å². The van der Waals surface area contributed by atoms with E-state index in [-0.39, 0.29) is 0 Å². The fraction of sp³-hybridized carbons (Fsp3) is 0.333. The van der Waals surface area contributed by atoms with E-state index in [1.165, 1.54) is 24.0 Å². The van der Waals surface area contributed by atoms with Crippen LogP contribution in [-0.2, 0) is 22.3 Å². The van der Waals surface area contributed by atoms with E-state index in [9.17, 15) is 0 Å². The van der Waals surface area contributed by atoms with Crippen molar-refractivity contribution in [1.82, 2.24) is 0 Å². The highest BCUT2D eigenvalue weighted by Gasteiger charge is 2.20. The molecule has 4 heteroatoms. The topological polar surface area (TPSA) is 34.8 Å². The molecule has 0 radical (unpaired) electrons. The fourth-order valence-electron chi connectivity index (χ4n) is 5.18. The third-order valence-corrected chi connectivity index (χ3v) is 7.00. The SMILES string of the molecule is c1ccc2oc(N(c3ccc(CC4CCCO4)cc3)c3ccc(CC4CCCO4)cc3)cc2c1. The second-order valence-corrected chi connectivity index (χ2v) is 9.47. The number of anilines is 3. The van der Waals surface area contributed by atoms with Gasteiger partial charge in [-0.15, -0.1) is 0 Å². The average Bonchev–Trinajstić information content (AvgIpc) is 3.64. The summed E-state index contributed by atoms with van der Waals surface area (Å²) in [4.78, 5) is 2.20. The first kappa shape index (κ1) is 21.5. The second kappa shape index (κ2) is 9.65. The smallest absolute Gasteiger partial charge is 0.205 e. The van der Waals surface area contributed by atoms with Gasteiger partial charge < -0.3 is 13.9 Å². The quantitative estimate of drug-likeness (QED) is 0.293. The van der Waals surface area contributed by atoms with Crippen LogP contribution in [0.25, 0.3) is 11.0 Å². The Balaban J connectivity index is 1.31. The van der Waals surface area contributed by atoms with Gasteiger partial charge in [0.05, 0.1) is 12.2 Å². The zero-order valence-corrected chi connectivity index (χ0v) is 19.5. The lowest BCUT2D eigenvalue weighted by molar-refractivity contribution is 0.111. The van der Waals surface area contributed by atoms with Gasteiger partial charge in [-0.3, -0.25) is 4.90 Å². The van der Waals surface area contributed by atoms with Crippen LogP contribution >= 0.6 is 0 Å². The van der Waals surface area contributed by atoms with Gasteiger partial charge in [-0.25, -0.2) is 0 Å². The lowest BCUT2D eigenvalue weighted by Crippen LogP contribution is -2.11. The maximum atomic E-state index is 6.30. The van der Waals surface area contributed by atoms with Crippen LogP contribution in [0.15, 0.2) is 83.3 Å². The Kier molecular flexibility index (Phi) is 6.09. The Morgan fingerprint density at radius 1 is 0.676 bits per heavy atom. The van der Waals surface area contributed by atoms with Crippen LogP contribution < -0.4 is 4.90 Å². The number of nitrogens with zero attached hydrogens (tertiary/aromatic N) is 1. The van der Waals surface area contributed by atoms with Gasteiger partial charge in [-0.05, 0) is 80.0 Å². The minimum absolute atomic E-state index is 0.355. The monoisotopic (exact) mass is 453 g/mol. The zero-order chi connectivity index (χ0) is 22.7. The third-order valence-electron chi connectivity index (χ3n) is 7.00. The van der Waals surface area contributed by atoms with Gasteiger partial charge in [-0.1, -0.05) is 42.5 Å². The summed E-state index contributed by atoms with van der Waals surface area (Å²) in [7, 11) is 0. The van der Waals surface area contributed by atoms with Crippen molar-refractivity contribution >= 4 is 28.2 Å². The predicted octanol–water partition coefficient (Wildman–Crippen LogP) is 7.35. The Bertz CT molecular complexity index is 1120. The van der Waals surface area contributed by atoms with Crippen LogP contribution in [0.2, 0.25) is 0 Å². The first-order chi connectivity index (χ1) is 16.8. The number of ether oxygens (including phenoxy) is 2. The molecule has 2 aliphatic rings. The molecule has 0 aliphatic carbocycles. The van der Waals surface area contributed by atoms with Gasteiger partial charge in [0, 0.05) is 36.0 Å². The standard InChI is InChI=1S/C30H31NO3/c1-2-8-29-24(5-1)21-30(34-29)31(25-13-9-22(10-14-25)19-27-6-3-17-32-27)26-15-11-23(12-16-26)20-28-7-4-18-33-28/h1-2,5,8-16,21,27-28H,3-4,6-7,17-20H2. The summed E-state index contributed by atoms with van der Waals surface area (Å²) in [6, 6.07) is 27.9. The molecule has 2 aliphatic heterocycles. The van der Waals surface area contributed by atoms with Crippen LogP contribution in [0.3, 0.4) is 0 Å². The minimum Gasteiger partial charge on any atom is -0.440 e. The molecule has 3 aromatic carbocycles. The van der Waals surface area contributed by atoms with Gasteiger partial charge in [0.2, 0.25) is 5.88 Å². The molecule has 2 fully saturated rings. The van der Waals surface area contributed by atoms with Crippen LogP contribution in [0.1, 0.15) is 36.8 Å². The fourth-order valence-corrected chi connectivity index (χ4v) is 5.18. The molecule has 6 rings (SSSR count). The molecule has 0 spiro atoms. The Labute approximate surface area is 201 Å². The van der Waals surface area contributed by atoms with Crippen molar-refractivity contribution < 1.29 is 13.9 Å². The average molecular weight is 454 g/mol. The van der Waals surface area contributed by atoms with Crippen molar-refractivity contribution in [3.05, 3.63) is 90.0 Å². The van der Waals surface area contributed by atoms with E-state index >= 15 is 0 Å². The zero-order valence-electron chi connectivity index (χ0n) is 19.5. The largest absolute Gasteiger partial charge is 0.440 e. The van der Waals surface area contributed by atoms with Crippen molar-refractivity contribution in [3.63, 3.8) is 0 Å². The molecular weight excluding hydrogens is 422 g/mol. The molecule has 4 aromatic rings. The highest BCUT2D eigenvalue weighted by Crippen LogP contribution is 2.38. The minimum atomic E-state index is 0.355. The lowest BCUT2D eigenvalue weighted by atomic mass is 10.0. The highest BCUT2D eigenvalue weighted by molar-refractivity contribution is 5.85. The van der Waals surface area contributed by atoms with Gasteiger partial charge in [-0.2, -0.15) is 0 Å². The molecule has 2 saturated heterocycles. The van der Waals surface area contributed by atoms with Crippen LogP contribution in [0.4, 0.5) is 17.3 Å². The lowest BCUT2D eigenvalue weighted by Gasteiger charge is -2.23. The van der Waals surface area contributed by atoms with E-state index in [2.05, 4.69) is 65.6 Å². The van der Waals surface area contributed by atoms with Gasteiger partial charge in [0.15, 0.2) is 0 Å². The molecule has 1 aromatic heterocycles. The normalized spacial score (nSPS) is 20.2. The molecule has 0 amide bonds. The van der Waals surface area contributed by atoms with Crippen LogP contribution in [0, 0.1) is 0 Å². The summed E-state index contributed by atoms with van der Waals surface area (Å²) >= 11 is 0. The number of hydrogen-bond donors (Lipinski definition) is 0. The third kappa shape index (κ3) is 4.61. The summed E-state index contributed by atoms with van der Waals surface area (Å²) in [5.74, 6) is 0.819. The number of hydrogen-bond acceptors (Lipinski definition) is 4. The Hall–Kier alpha value is -3.08. The highest BCUT2D eigenvalue weighted by atomic mass is 16.5. The van der Waals surface area contributed by atoms with E-state index in [4.69, 9.17) is 13.9 Å². The van der Waals surface area contributed by atoms with Crippen molar-refractivity contribution in [1.29, 1.82) is 0 Å². The van der Waals surface area contributed by atoms with Crippen molar-refractivity contribution in [2.24, 2.45) is 0 Å². The maximum Gasteiger partial charge on any atom is 0.205 e. The molecule has 3 heterocycles. The first-order valence-corrected chi connectivity index (χ1v) is 12.5. The van der Waals surface area contributed by atoms with E-state index in [1.54, 1.807) is 0 Å². The van der Waals surface area contributed by atoms with E-state index in [1.807, 2.05) is 18.2 Å². The number of fused-ring (bicyclic) bond motifs is 1. The Morgan fingerprint density at radius 3 is 1.74 bits per heavy atom. The second-order valence-electron chi connectivity index (χ2n) is 9.47. The molecule has 34 heavy (non-hydrogen) atoms. The maximum absolute atomic E-state index is 6.30. The number of benzene rings is 3. The Morgan fingerprint density at radius 2 is 1.24 bits per heavy atom.